The Hall–Kier alpha value is -0.0631. The van der Waals surface area contributed by atoms with Gasteiger partial charge >= 0.3 is 5.97 Å². The number of rotatable bonds is 11. The van der Waals surface area contributed by atoms with E-state index in [0.29, 0.717) is 10.5 Å². The first kappa shape index (κ1) is 19.9. The molecule has 0 rings (SSSR count). The van der Waals surface area contributed by atoms with Crippen molar-refractivity contribution in [1.29, 1.82) is 0 Å². The van der Waals surface area contributed by atoms with Gasteiger partial charge < -0.3 is 23.4 Å². The second-order valence-corrected chi connectivity index (χ2v) is 4.64. The maximum atomic E-state index is 5.72. The minimum atomic E-state index is -1.41. The molecular formula is C12H28O7Si. The van der Waals surface area contributed by atoms with Gasteiger partial charge in [-0.05, 0) is 27.7 Å². The van der Waals surface area contributed by atoms with Crippen molar-refractivity contribution in [2.75, 3.05) is 21.3 Å². The maximum Gasteiger partial charge on any atom is 0.304 e. The first-order valence-electron chi connectivity index (χ1n) is 6.49. The standard InChI is InChI=1S/C12H28O7Si/c1-8(16-9(2)13-5)12(19-20,17-10(3)14-6)18-11(4)15-7/h8-11H,1-7,20H3. The SMILES string of the molecule is COC(C)OC(C)C(O[SiH3])(OC(C)OC)OC(C)OC. The lowest BCUT2D eigenvalue weighted by Gasteiger charge is -2.40. The third-order valence-corrected chi connectivity index (χ3v) is 3.40. The van der Waals surface area contributed by atoms with Crippen LogP contribution in [0, 0.1) is 0 Å². The van der Waals surface area contributed by atoms with Gasteiger partial charge in [-0.2, -0.15) is 0 Å². The molecule has 0 bridgehead atoms. The molecule has 122 valence electrons. The van der Waals surface area contributed by atoms with E-state index in [4.69, 9.17) is 32.8 Å². The summed E-state index contributed by atoms with van der Waals surface area (Å²) in [5, 5.41) is 0. The molecule has 0 saturated heterocycles. The minimum Gasteiger partial charge on any atom is -0.378 e. The third-order valence-electron chi connectivity index (χ3n) is 2.83. The van der Waals surface area contributed by atoms with Gasteiger partial charge in [-0.25, -0.2) is 0 Å². The Balaban J connectivity index is 5.06. The average Bonchev–Trinajstić information content (AvgIpc) is 2.45. The molecule has 0 amide bonds. The summed E-state index contributed by atoms with van der Waals surface area (Å²) in [5.74, 6) is -1.41. The molecule has 0 saturated carbocycles. The van der Waals surface area contributed by atoms with Crippen LogP contribution in [0.4, 0.5) is 0 Å². The number of hydrogen-bond donors (Lipinski definition) is 0. The van der Waals surface area contributed by atoms with E-state index in [1.165, 1.54) is 14.2 Å². The lowest BCUT2D eigenvalue weighted by molar-refractivity contribution is -0.448. The molecule has 0 aromatic carbocycles. The molecule has 0 N–H and O–H groups in total. The van der Waals surface area contributed by atoms with Crippen molar-refractivity contribution in [3.8, 4) is 0 Å². The van der Waals surface area contributed by atoms with Gasteiger partial charge in [0.25, 0.3) is 0 Å². The summed E-state index contributed by atoms with van der Waals surface area (Å²) in [6, 6.07) is 0. The van der Waals surface area contributed by atoms with E-state index in [2.05, 4.69) is 0 Å². The van der Waals surface area contributed by atoms with E-state index in [9.17, 15) is 0 Å². The van der Waals surface area contributed by atoms with Crippen molar-refractivity contribution in [2.45, 2.75) is 58.6 Å². The van der Waals surface area contributed by atoms with Crippen molar-refractivity contribution in [3.05, 3.63) is 0 Å². The Morgan fingerprint density at radius 1 is 0.750 bits per heavy atom. The Bertz CT molecular complexity index is 242. The van der Waals surface area contributed by atoms with Crippen LogP contribution in [0.15, 0.2) is 0 Å². The second-order valence-electron chi connectivity index (χ2n) is 4.23. The van der Waals surface area contributed by atoms with Crippen molar-refractivity contribution >= 4 is 10.5 Å². The summed E-state index contributed by atoms with van der Waals surface area (Å²) in [7, 11) is 5.00. The highest BCUT2D eigenvalue weighted by atomic mass is 28.2. The van der Waals surface area contributed by atoms with Gasteiger partial charge in [0.2, 0.25) is 0 Å². The monoisotopic (exact) mass is 312 g/mol. The van der Waals surface area contributed by atoms with Crippen LogP contribution < -0.4 is 0 Å². The molecule has 0 aliphatic carbocycles. The van der Waals surface area contributed by atoms with Crippen LogP contribution >= 0.6 is 0 Å². The fourth-order valence-electron chi connectivity index (χ4n) is 1.47. The second kappa shape index (κ2) is 9.80. The molecule has 0 spiro atoms. The van der Waals surface area contributed by atoms with E-state index in [1.807, 2.05) is 0 Å². The number of hydrogen-bond acceptors (Lipinski definition) is 7. The first-order valence-corrected chi connectivity index (χ1v) is 7.31. The van der Waals surface area contributed by atoms with E-state index >= 15 is 0 Å². The van der Waals surface area contributed by atoms with Crippen LogP contribution in [0.5, 0.6) is 0 Å². The molecule has 0 aliphatic rings. The van der Waals surface area contributed by atoms with E-state index < -0.39 is 30.9 Å². The number of methoxy groups -OCH3 is 3. The zero-order valence-electron chi connectivity index (χ0n) is 13.7. The summed E-state index contributed by atoms with van der Waals surface area (Å²) < 4.78 is 38.0. The number of ether oxygens (including phenoxy) is 6. The van der Waals surface area contributed by atoms with Crippen molar-refractivity contribution in [1.82, 2.24) is 0 Å². The van der Waals surface area contributed by atoms with Crippen LogP contribution in [-0.4, -0.2) is 62.8 Å². The smallest absolute Gasteiger partial charge is 0.304 e. The zero-order chi connectivity index (χ0) is 15.8. The van der Waals surface area contributed by atoms with Gasteiger partial charge in [0.1, 0.15) is 6.10 Å². The van der Waals surface area contributed by atoms with Crippen LogP contribution in [-0.2, 0) is 32.8 Å². The summed E-state index contributed by atoms with van der Waals surface area (Å²) in [5.41, 5.74) is 0. The molecule has 0 aromatic heterocycles. The molecule has 4 unspecified atom stereocenters. The van der Waals surface area contributed by atoms with Gasteiger partial charge in [0.15, 0.2) is 29.4 Å². The highest BCUT2D eigenvalue weighted by Gasteiger charge is 2.44. The molecular weight excluding hydrogens is 284 g/mol. The summed E-state index contributed by atoms with van der Waals surface area (Å²) >= 11 is 0. The molecule has 8 heteroatoms. The van der Waals surface area contributed by atoms with Crippen LogP contribution in [0.25, 0.3) is 0 Å². The topological polar surface area (TPSA) is 64.6 Å². The summed E-state index contributed by atoms with van der Waals surface area (Å²) in [6.07, 6.45) is -2.04. The Morgan fingerprint density at radius 2 is 1.15 bits per heavy atom. The highest BCUT2D eigenvalue weighted by molar-refractivity contribution is 5.98. The van der Waals surface area contributed by atoms with E-state index in [-0.39, 0.29) is 0 Å². The molecule has 20 heavy (non-hydrogen) atoms. The molecule has 4 atom stereocenters. The fraction of sp³-hybridized carbons (Fsp3) is 1.00. The molecule has 0 fully saturated rings. The summed E-state index contributed by atoms with van der Waals surface area (Å²) in [4.78, 5) is 0. The van der Waals surface area contributed by atoms with Crippen molar-refractivity contribution < 1.29 is 32.8 Å². The normalized spacial score (nSPS) is 21.1. The quantitative estimate of drug-likeness (QED) is 0.403. The van der Waals surface area contributed by atoms with Crippen molar-refractivity contribution in [2.24, 2.45) is 0 Å². The summed E-state index contributed by atoms with van der Waals surface area (Å²) in [6.45, 7) is 7.03. The predicted octanol–water partition coefficient (Wildman–Crippen LogP) is 0.353. The minimum absolute atomic E-state index is 0.380. The molecule has 7 nitrogen and oxygen atoms in total. The molecule has 0 aromatic rings. The third kappa shape index (κ3) is 6.14. The predicted molar refractivity (Wildman–Crippen MR) is 75.9 cm³/mol. The van der Waals surface area contributed by atoms with E-state index in [1.54, 1.807) is 34.8 Å². The Kier molecular flexibility index (Phi) is 9.77. The van der Waals surface area contributed by atoms with Gasteiger partial charge in [-0.1, -0.05) is 0 Å². The average molecular weight is 312 g/mol. The van der Waals surface area contributed by atoms with Crippen LogP contribution in [0.2, 0.25) is 0 Å². The van der Waals surface area contributed by atoms with Crippen molar-refractivity contribution in [3.63, 3.8) is 0 Å². The zero-order valence-corrected chi connectivity index (χ0v) is 15.7. The maximum absolute atomic E-state index is 5.72. The van der Waals surface area contributed by atoms with Crippen LogP contribution in [0.3, 0.4) is 0 Å². The molecule has 0 radical (unpaired) electrons. The van der Waals surface area contributed by atoms with Gasteiger partial charge in [0.05, 0.1) is 0 Å². The van der Waals surface area contributed by atoms with Gasteiger partial charge in [-0.15, -0.1) is 0 Å². The molecule has 0 heterocycles. The lowest BCUT2D eigenvalue weighted by atomic mass is 10.3. The fourth-order valence-corrected chi connectivity index (χ4v) is 1.99. The highest BCUT2D eigenvalue weighted by Crippen LogP contribution is 2.27. The molecule has 0 aliphatic heterocycles. The van der Waals surface area contributed by atoms with Gasteiger partial charge in [0, 0.05) is 21.3 Å². The van der Waals surface area contributed by atoms with Gasteiger partial charge in [-0.3, -0.25) is 9.47 Å². The lowest BCUT2D eigenvalue weighted by Crippen LogP contribution is -2.54. The van der Waals surface area contributed by atoms with E-state index in [0.717, 1.165) is 0 Å². The largest absolute Gasteiger partial charge is 0.378 e. The van der Waals surface area contributed by atoms with Crippen LogP contribution in [0.1, 0.15) is 27.7 Å². The Morgan fingerprint density at radius 3 is 1.45 bits per heavy atom. The Labute approximate surface area is 124 Å². The first-order chi connectivity index (χ1) is 9.34.